The minimum Gasteiger partial charge on any atom is -0.390 e. The van der Waals surface area contributed by atoms with Crippen molar-refractivity contribution >= 4 is 0 Å². The molecule has 112 valence electrons. The van der Waals surface area contributed by atoms with Crippen molar-refractivity contribution < 1.29 is 9.84 Å². The van der Waals surface area contributed by atoms with Crippen LogP contribution in [0, 0.1) is 5.92 Å². The molecule has 2 heteroatoms. The summed E-state index contributed by atoms with van der Waals surface area (Å²) >= 11 is 0. The molecule has 1 aromatic rings. The second kappa shape index (κ2) is 6.28. The lowest BCUT2D eigenvalue weighted by Gasteiger charge is -2.23. The Morgan fingerprint density at radius 1 is 1.20 bits per heavy atom. The number of hydrogen-bond donors (Lipinski definition) is 1. The molecule has 1 fully saturated rings. The van der Waals surface area contributed by atoms with E-state index in [2.05, 4.69) is 45.0 Å². The molecular weight excluding hydrogens is 248 g/mol. The van der Waals surface area contributed by atoms with E-state index >= 15 is 0 Å². The van der Waals surface area contributed by atoms with Gasteiger partial charge in [-0.15, -0.1) is 0 Å². The van der Waals surface area contributed by atoms with Gasteiger partial charge in [-0.1, -0.05) is 45.0 Å². The van der Waals surface area contributed by atoms with Gasteiger partial charge in [-0.25, -0.2) is 0 Å². The van der Waals surface area contributed by atoms with Crippen LogP contribution < -0.4 is 0 Å². The largest absolute Gasteiger partial charge is 0.390 e. The molecule has 0 aromatic heterocycles. The third-order valence-electron chi connectivity index (χ3n) is 4.09. The Morgan fingerprint density at radius 3 is 2.25 bits per heavy atom. The molecule has 1 aliphatic rings. The zero-order chi connectivity index (χ0) is 14.8. The van der Waals surface area contributed by atoms with E-state index < -0.39 is 0 Å². The predicted octanol–water partition coefficient (Wildman–Crippen LogP) is 3.70. The summed E-state index contributed by atoms with van der Waals surface area (Å²) in [6.45, 7) is 9.33. The normalized spacial score (nSPS) is 18.9. The van der Waals surface area contributed by atoms with E-state index in [0.717, 1.165) is 0 Å². The van der Waals surface area contributed by atoms with E-state index in [0.29, 0.717) is 18.9 Å². The lowest BCUT2D eigenvalue weighted by atomic mass is 9.86. The molecule has 0 heterocycles. The van der Waals surface area contributed by atoms with Crippen molar-refractivity contribution in [2.24, 2.45) is 5.92 Å². The first-order valence-corrected chi connectivity index (χ1v) is 7.81. The fraction of sp³-hybridized carbons (Fsp3) is 0.667. The Balaban J connectivity index is 1.98. The van der Waals surface area contributed by atoms with Crippen molar-refractivity contribution in [3.05, 3.63) is 35.4 Å². The molecule has 0 amide bonds. The van der Waals surface area contributed by atoms with Gasteiger partial charge in [0, 0.05) is 13.0 Å². The van der Waals surface area contributed by atoms with Gasteiger partial charge in [-0.2, -0.15) is 0 Å². The Kier molecular flexibility index (Phi) is 4.87. The smallest absolute Gasteiger partial charge is 0.0865 e. The molecule has 2 rings (SSSR count). The van der Waals surface area contributed by atoms with Gasteiger partial charge in [0.25, 0.3) is 0 Å². The minimum absolute atomic E-state index is 0.0160. The molecule has 1 aromatic carbocycles. The second-order valence-electron chi connectivity index (χ2n) is 6.98. The lowest BCUT2D eigenvalue weighted by molar-refractivity contribution is -0.0439. The minimum atomic E-state index is -0.386. The number of hydrogen-bond acceptors (Lipinski definition) is 2. The number of aliphatic hydroxyl groups is 1. The molecule has 0 saturated heterocycles. The average molecular weight is 276 g/mol. The lowest BCUT2D eigenvalue weighted by Crippen LogP contribution is -2.32. The van der Waals surface area contributed by atoms with Crippen LogP contribution in [0.25, 0.3) is 0 Å². The highest BCUT2D eigenvalue weighted by Gasteiger charge is 2.36. The van der Waals surface area contributed by atoms with E-state index in [9.17, 15) is 5.11 Å². The molecule has 0 bridgehead atoms. The van der Waals surface area contributed by atoms with E-state index in [-0.39, 0.29) is 17.6 Å². The molecule has 1 saturated carbocycles. The van der Waals surface area contributed by atoms with Gasteiger partial charge in [0.15, 0.2) is 0 Å². The maximum atomic E-state index is 10.4. The van der Waals surface area contributed by atoms with Crippen LogP contribution in [-0.2, 0) is 16.6 Å². The zero-order valence-corrected chi connectivity index (χ0v) is 13.2. The third-order valence-corrected chi connectivity index (χ3v) is 4.09. The fourth-order valence-corrected chi connectivity index (χ4v) is 2.68. The Bertz CT molecular complexity index is 412. The quantitative estimate of drug-likeness (QED) is 0.858. The van der Waals surface area contributed by atoms with Crippen LogP contribution in [0.2, 0.25) is 0 Å². The van der Waals surface area contributed by atoms with Gasteiger partial charge in [0.05, 0.1) is 12.2 Å². The second-order valence-corrected chi connectivity index (χ2v) is 6.98. The van der Waals surface area contributed by atoms with Crippen molar-refractivity contribution in [1.29, 1.82) is 0 Å². The molecule has 0 spiro atoms. The van der Waals surface area contributed by atoms with Gasteiger partial charge < -0.3 is 9.84 Å². The summed E-state index contributed by atoms with van der Waals surface area (Å²) in [5.74, 6) is 0.568. The van der Waals surface area contributed by atoms with Crippen LogP contribution in [0.4, 0.5) is 0 Å². The Labute approximate surface area is 123 Å². The third kappa shape index (κ3) is 4.07. The zero-order valence-electron chi connectivity index (χ0n) is 13.2. The van der Waals surface area contributed by atoms with Crippen molar-refractivity contribution in [2.75, 3.05) is 6.61 Å². The van der Waals surface area contributed by atoms with Gasteiger partial charge in [-0.3, -0.25) is 0 Å². The number of rotatable bonds is 6. The highest BCUT2D eigenvalue weighted by molar-refractivity contribution is 5.28. The van der Waals surface area contributed by atoms with Crippen molar-refractivity contribution in [3.63, 3.8) is 0 Å². The topological polar surface area (TPSA) is 29.5 Å². The first-order chi connectivity index (χ1) is 9.41. The molecule has 0 aliphatic heterocycles. The Hall–Kier alpha value is -0.860. The summed E-state index contributed by atoms with van der Waals surface area (Å²) in [5.41, 5.74) is 2.70. The number of benzene rings is 1. The van der Waals surface area contributed by atoms with Crippen LogP contribution in [0.5, 0.6) is 0 Å². The molecule has 20 heavy (non-hydrogen) atoms. The molecule has 1 N–H and O–H groups in total. The maximum absolute atomic E-state index is 10.4. The van der Waals surface area contributed by atoms with Crippen LogP contribution in [0.3, 0.4) is 0 Å². The summed E-state index contributed by atoms with van der Waals surface area (Å²) in [6.07, 6.45) is 2.71. The Morgan fingerprint density at radius 2 is 1.80 bits per heavy atom. The summed E-state index contributed by atoms with van der Waals surface area (Å²) in [4.78, 5) is 0. The van der Waals surface area contributed by atoms with Crippen molar-refractivity contribution in [3.8, 4) is 0 Å². The molecule has 2 unspecified atom stereocenters. The molecular formula is C18H28O2. The van der Waals surface area contributed by atoms with E-state index in [1.165, 1.54) is 24.0 Å². The van der Waals surface area contributed by atoms with Crippen LogP contribution in [0.1, 0.15) is 51.7 Å². The summed E-state index contributed by atoms with van der Waals surface area (Å²) in [7, 11) is 0. The van der Waals surface area contributed by atoms with Crippen molar-refractivity contribution in [1.82, 2.24) is 0 Å². The first-order valence-electron chi connectivity index (χ1n) is 7.81. The van der Waals surface area contributed by atoms with E-state index in [1.807, 2.05) is 6.92 Å². The van der Waals surface area contributed by atoms with Crippen molar-refractivity contribution in [2.45, 2.75) is 64.6 Å². The maximum Gasteiger partial charge on any atom is 0.0865 e. The van der Waals surface area contributed by atoms with Crippen LogP contribution in [-0.4, -0.2) is 23.9 Å². The van der Waals surface area contributed by atoms with Gasteiger partial charge in [0.2, 0.25) is 0 Å². The fourth-order valence-electron chi connectivity index (χ4n) is 2.68. The number of aliphatic hydroxyl groups excluding tert-OH is 1. The highest BCUT2D eigenvalue weighted by Crippen LogP contribution is 2.36. The number of ether oxygens (including phenoxy) is 1. The summed E-state index contributed by atoms with van der Waals surface area (Å²) in [6, 6.07) is 8.63. The van der Waals surface area contributed by atoms with E-state index in [1.54, 1.807) is 0 Å². The first kappa shape index (κ1) is 15.5. The van der Waals surface area contributed by atoms with Gasteiger partial charge in [0.1, 0.15) is 0 Å². The molecule has 2 atom stereocenters. The SMILES string of the molecule is CCOC(C(O)Cc1ccc(C(C)(C)C)cc1)C1CC1. The molecule has 2 nitrogen and oxygen atoms in total. The summed E-state index contributed by atoms with van der Waals surface area (Å²) in [5, 5.41) is 10.4. The van der Waals surface area contributed by atoms with Gasteiger partial charge in [-0.05, 0) is 42.2 Å². The van der Waals surface area contributed by atoms with E-state index in [4.69, 9.17) is 4.74 Å². The summed E-state index contributed by atoms with van der Waals surface area (Å²) < 4.78 is 5.73. The monoisotopic (exact) mass is 276 g/mol. The average Bonchev–Trinajstić information content (AvgIpc) is 3.19. The van der Waals surface area contributed by atoms with Crippen LogP contribution >= 0.6 is 0 Å². The van der Waals surface area contributed by atoms with Gasteiger partial charge >= 0.3 is 0 Å². The van der Waals surface area contributed by atoms with Crippen LogP contribution in [0.15, 0.2) is 24.3 Å². The molecule has 0 radical (unpaired) electrons. The highest BCUT2D eigenvalue weighted by atomic mass is 16.5. The standard InChI is InChI=1S/C18H28O2/c1-5-20-17(14-8-9-14)16(19)12-13-6-10-15(11-7-13)18(2,3)4/h6-7,10-11,14,16-17,19H,5,8-9,12H2,1-4H3. The molecule has 1 aliphatic carbocycles. The predicted molar refractivity (Wildman–Crippen MR) is 83.0 cm³/mol.